The molecule has 3 heteroatoms. The molecule has 1 aromatic rings. The molecule has 0 N–H and O–H groups in total. The van der Waals surface area contributed by atoms with E-state index >= 15 is 0 Å². The second-order valence-electron chi connectivity index (χ2n) is 2.95. The third-order valence-electron chi connectivity index (χ3n) is 1.72. The summed E-state index contributed by atoms with van der Waals surface area (Å²) in [5, 5.41) is 0. The van der Waals surface area contributed by atoms with E-state index < -0.39 is 0 Å². The number of aryl methyl sites for hydroxylation is 1. The minimum atomic E-state index is 1.08. The Bertz CT molecular complexity index is 236. The number of rotatable bonds is 0. The first-order valence-corrected chi connectivity index (χ1v) is 4.21. The van der Waals surface area contributed by atoms with Crippen molar-refractivity contribution in [3.8, 4) is 0 Å². The maximum absolute atomic E-state index is 4.15. The maximum atomic E-state index is 4.15. The summed E-state index contributed by atoms with van der Waals surface area (Å²) >= 11 is 0. The van der Waals surface area contributed by atoms with Crippen molar-refractivity contribution in [2.75, 3.05) is 6.54 Å². The van der Waals surface area contributed by atoms with Gasteiger partial charge in [-0.25, -0.2) is 4.98 Å². The molecule has 0 radical (unpaired) electrons. The molecular weight excluding hydrogens is 150 g/mol. The monoisotopic (exact) mass is 165 g/mol. The third-order valence-corrected chi connectivity index (χ3v) is 1.72. The van der Waals surface area contributed by atoms with E-state index in [9.17, 15) is 0 Å². The van der Waals surface area contributed by atoms with Crippen molar-refractivity contribution in [1.29, 1.82) is 0 Å². The molecule has 0 amide bonds. The zero-order chi connectivity index (χ0) is 8.81. The van der Waals surface area contributed by atoms with Crippen LogP contribution in [0.25, 0.3) is 0 Å². The molecule has 2 heterocycles. The van der Waals surface area contributed by atoms with Crippen LogP contribution in [0.15, 0.2) is 23.7 Å². The number of hydrogen-bond donors (Lipinski definition) is 0. The maximum Gasteiger partial charge on any atom is 0.0943 e. The molecule has 0 saturated carbocycles. The van der Waals surface area contributed by atoms with E-state index in [0.717, 1.165) is 6.54 Å². The lowest BCUT2D eigenvalue weighted by molar-refractivity contribution is 0.913. The lowest BCUT2D eigenvalue weighted by Gasteiger charge is -1.76. The highest BCUT2D eigenvalue weighted by Gasteiger charge is 1.96. The lowest BCUT2D eigenvalue weighted by Crippen LogP contribution is -1.77. The molecule has 0 atom stereocenters. The quantitative estimate of drug-likeness (QED) is 0.575. The van der Waals surface area contributed by atoms with Gasteiger partial charge in [-0.2, -0.15) is 0 Å². The van der Waals surface area contributed by atoms with Gasteiger partial charge >= 0.3 is 0 Å². The van der Waals surface area contributed by atoms with Crippen LogP contribution < -0.4 is 0 Å². The predicted molar refractivity (Wildman–Crippen MR) is 50.4 cm³/mol. The zero-order valence-corrected chi connectivity index (χ0v) is 7.70. The minimum absolute atomic E-state index is 1.08. The smallest absolute Gasteiger partial charge is 0.0943 e. The van der Waals surface area contributed by atoms with E-state index in [0.29, 0.717) is 0 Å². The molecule has 66 valence electrons. The number of aromatic nitrogens is 2. The van der Waals surface area contributed by atoms with Gasteiger partial charge in [0.1, 0.15) is 0 Å². The molecule has 0 unspecified atom stereocenters. The molecule has 0 saturated heterocycles. The van der Waals surface area contributed by atoms with E-state index in [1.807, 2.05) is 17.8 Å². The lowest BCUT2D eigenvalue weighted by atomic mass is 10.3. The van der Waals surface area contributed by atoms with E-state index in [2.05, 4.69) is 16.9 Å². The first kappa shape index (κ1) is 8.97. The largest absolute Gasteiger partial charge is 0.341 e. The summed E-state index contributed by atoms with van der Waals surface area (Å²) in [6.45, 7) is 3.17. The van der Waals surface area contributed by atoms with Crippen molar-refractivity contribution < 1.29 is 0 Å². The molecule has 1 aliphatic rings. The van der Waals surface area contributed by atoms with Gasteiger partial charge < -0.3 is 4.57 Å². The van der Waals surface area contributed by atoms with Crippen LogP contribution in [0.2, 0.25) is 0 Å². The van der Waals surface area contributed by atoms with Gasteiger partial charge in [-0.15, -0.1) is 0 Å². The Balaban J connectivity index is 0.000000120. The highest BCUT2D eigenvalue weighted by molar-refractivity contribution is 5.83. The highest BCUT2D eigenvalue weighted by Crippen LogP contribution is 2.00. The molecule has 1 aromatic heterocycles. The van der Waals surface area contributed by atoms with Gasteiger partial charge in [-0.05, 0) is 19.8 Å². The zero-order valence-electron chi connectivity index (χ0n) is 7.70. The van der Waals surface area contributed by atoms with Gasteiger partial charge in [0.05, 0.1) is 6.33 Å². The molecule has 0 aromatic carbocycles. The standard InChI is InChI=1S/C5H9N.C4H6N2/c1-5-3-2-4-6-5;1-6-3-2-5-4-6/h2-4H2,1H3;2-4H,1H3. The average Bonchev–Trinajstić information content (AvgIpc) is 2.63. The van der Waals surface area contributed by atoms with E-state index in [-0.39, 0.29) is 0 Å². The Labute approximate surface area is 73.2 Å². The highest BCUT2D eigenvalue weighted by atomic mass is 15.0. The van der Waals surface area contributed by atoms with Gasteiger partial charge in [0.25, 0.3) is 0 Å². The second kappa shape index (κ2) is 4.70. The molecule has 0 spiro atoms. The summed E-state index contributed by atoms with van der Waals surface area (Å²) < 4.78 is 1.89. The Kier molecular flexibility index (Phi) is 3.51. The molecule has 2 rings (SSSR count). The number of aliphatic imine (C=N–C) groups is 1. The van der Waals surface area contributed by atoms with E-state index in [4.69, 9.17) is 0 Å². The first-order chi connectivity index (χ1) is 5.79. The number of hydrogen-bond acceptors (Lipinski definition) is 2. The van der Waals surface area contributed by atoms with Crippen LogP contribution in [0.1, 0.15) is 19.8 Å². The van der Waals surface area contributed by atoms with Crippen LogP contribution in [-0.2, 0) is 7.05 Å². The van der Waals surface area contributed by atoms with Gasteiger partial charge in [-0.1, -0.05) is 0 Å². The number of nitrogens with zero attached hydrogens (tertiary/aromatic N) is 3. The van der Waals surface area contributed by atoms with Crippen molar-refractivity contribution >= 4 is 5.71 Å². The fraction of sp³-hybridized carbons (Fsp3) is 0.556. The third kappa shape index (κ3) is 3.32. The summed E-state index contributed by atoms with van der Waals surface area (Å²) in [4.78, 5) is 7.94. The minimum Gasteiger partial charge on any atom is -0.341 e. The van der Waals surface area contributed by atoms with Crippen molar-refractivity contribution in [2.45, 2.75) is 19.8 Å². The molecule has 0 bridgehead atoms. The van der Waals surface area contributed by atoms with Crippen LogP contribution in [0.3, 0.4) is 0 Å². The SMILES string of the molecule is CC1=NCCC1.Cn1ccnc1. The molecule has 3 nitrogen and oxygen atoms in total. The molecule has 0 fully saturated rings. The van der Waals surface area contributed by atoms with Gasteiger partial charge in [0.2, 0.25) is 0 Å². The molecule has 0 aliphatic carbocycles. The van der Waals surface area contributed by atoms with Crippen LogP contribution >= 0.6 is 0 Å². The molecule has 1 aliphatic heterocycles. The predicted octanol–water partition coefficient (Wildman–Crippen LogP) is 1.66. The van der Waals surface area contributed by atoms with E-state index in [1.54, 1.807) is 12.5 Å². The van der Waals surface area contributed by atoms with Crippen molar-refractivity contribution in [2.24, 2.45) is 12.0 Å². The summed E-state index contributed by atoms with van der Waals surface area (Å²) in [7, 11) is 1.94. The molecule has 12 heavy (non-hydrogen) atoms. The first-order valence-electron chi connectivity index (χ1n) is 4.21. The van der Waals surface area contributed by atoms with Crippen molar-refractivity contribution in [3.05, 3.63) is 18.7 Å². The Morgan fingerprint density at radius 1 is 1.50 bits per heavy atom. The molecular formula is C9H15N3. The van der Waals surface area contributed by atoms with Crippen molar-refractivity contribution in [3.63, 3.8) is 0 Å². The average molecular weight is 165 g/mol. The summed E-state index contributed by atoms with van der Waals surface area (Å²) in [5.41, 5.74) is 1.33. The fourth-order valence-electron chi connectivity index (χ4n) is 1.01. The topological polar surface area (TPSA) is 30.2 Å². The van der Waals surface area contributed by atoms with Crippen LogP contribution in [-0.4, -0.2) is 21.8 Å². The second-order valence-corrected chi connectivity index (χ2v) is 2.95. The summed E-state index contributed by atoms with van der Waals surface area (Å²) in [6, 6.07) is 0. The van der Waals surface area contributed by atoms with Gasteiger partial charge in [0, 0.05) is 31.7 Å². The fourth-order valence-corrected chi connectivity index (χ4v) is 1.01. The van der Waals surface area contributed by atoms with Gasteiger partial charge in [0.15, 0.2) is 0 Å². The van der Waals surface area contributed by atoms with Crippen LogP contribution in [0.5, 0.6) is 0 Å². The Morgan fingerprint density at radius 3 is 2.50 bits per heavy atom. The Morgan fingerprint density at radius 2 is 2.33 bits per heavy atom. The van der Waals surface area contributed by atoms with E-state index in [1.165, 1.54) is 18.6 Å². The number of imidazole rings is 1. The summed E-state index contributed by atoms with van der Waals surface area (Å²) in [6.07, 6.45) is 7.91. The normalized spacial score (nSPS) is 15.0. The van der Waals surface area contributed by atoms with Gasteiger partial charge in [-0.3, -0.25) is 4.99 Å². The Hall–Kier alpha value is -1.12. The summed E-state index contributed by atoms with van der Waals surface area (Å²) in [5.74, 6) is 0. The van der Waals surface area contributed by atoms with Crippen LogP contribution in [0, 0.1) is 0 Å². The van der Waals surface area contributed by atoms with Crippen LogP contribution in [0.4, 0.5) is 0 Å². The van der Waals surface area contributed by atoms with Crippen molar-refractivity contribution in [1.82, 2.24) is 9.55 Å².